The van der Waals surface area contributed by atoms with E-state index in [2.05, 4.69) is 31.9 Å². The molecule has 21 heavy (non-hydrogen) atoms. The molecule has 112 valence electrons. The van der Waals surface area contributed by atoms with Crippen LogP contribution >= 0.6 is 15.9 Å². The van der Waals surface area contributed by atoms with Gasteiger partial charge in [-0.25, -0.2) is 0 Å². The van der Waals surface area contributed by atoms with Gasteiger partial charge < -0.3 is 10.6 Å². The average Bonchev–Trinajstić information content (AvgIpc) is 2.50. The molecule has 1 aromatic rings. The van der Waals surface area contributed by atoms with E-state index in [0.29, 0.717) is 23.0 Å². The van der Waals surface area contributed by atoms with Gasteiger partial charge in [-0.3, -0.25) is 19.7 Å². The van der Waals surface area contributed by atoms with Crippen LogP contribution in [0.5, 0.6) is 0 Å². The van der Waals surface area contributed by atoms with Crippen LogP contribution < -0.4 is 16.0 Å². The minimum Gasteiger partial charge on any atom is -0.317 e. The highest BCUT2D eigenvalue weighted by atomic mass is 79.9. The van der Waals surface area contributed by atoms with E-state index in [-0.39, 0.29) is 11.8 Å². The third-order valence-corrected chi connectivity index (χ3v) is 3.97. The lowest BCUT2D eigenvalue weighted by Crippen LogP contribution is -2.44. The van der Waals surface area contributed by atoms with E-state index in [1.165, 1.54) is 0 Å². The molecule has 6 nitrogen and oxygen atoms in total. The summed E-state index contributed by atoms with van der Waals surface area (Å²) in [5.74, 6) is -2.39. The molecule has 1 heterocycles. The number of nitrogens with one attached hydrogen (secondary N) is 3. The molecule has 1 aliphatic rings. The van der Waals surface area contributed by atoms with Crippen LogP contribution in [-0.4, -0.2) is 30.8 Å². The SMILES string of the molecule is O=C(NC(=O)C1CCNCC1)C(=O)Nc1ccccc1Br. The molecule has 0 spiro atoms. The highest BCUT2D eigenvalue weighted by Gasteiger charge is 2.25. The zero-order valence-corrected chi connectivity index (χ0v) is 12.9. The number of amides is 3. The van der Waals surface area contributed by atoms with Gasteiger partial charge in [-0.2, -0.15) is 0 Å². The summed E-state index contributed by atoms with van der Waals surface area (Å²) < 4.78 is 0.663. The van der Waals surface area contributed by atoms with Crippen LogP contribution in [0, 0.1) is 5.92 Å². The van der Waals surface area contributed by atoms with E-state index >= 15 is 0 Å². The number of halogens is 1. The summed E-state index contributed by atoms with van der Waals surface area (Å²) in [6.07, 6.45) is 1.34. The van der Waals surface area contributed by atoms with Crippen LogP contribution in [0.1, 0.15) is 12.8 Å². The molecule has 0 unspecified atom stereocenters. The summed E-state index contributed by atoms with van der Waals surface area (Å²) in [7, 11) is 0. The summed E-state index contributed by atoms with van der Waals surface area (Å²) >= 11 is 3.27. The van der Waals surface area contributed by atoms with Crippen molar-refractivity contribution >= 4 is 39.3 Å². The number of hydrogen-bond acceptors (Lipinski definition) is 4. The summed E-state index contributed by atoms with van der Waals surface area (Å²) in [5.41, 5.74) is 0.479. The quantitative estimate of drug-likeness (QED) is 0.693. The standard InChI is InChI=1S/C14H16BrN3O3/c15-10-3-1-2-4-11(10)17-13(20)14(21)18-12(19)9-5-7-16-8-6-9/h1-4,9,16H,5-8H2,(H,17,20)(H,18,19,21). The number of carbonyl (C=O) groups excluding carboxylic acids is 3. The molecule has 3 N–H and O–H groups in total. The second kappa shape index (κ2) is 7.33. The minimum absolute atomic E-state index is 0.216. The Morgan fingerprint density at radius 1 is 1.10 bits per heavy atom. The molecule has 7 heteroatoms. The molecule has 2 rings (SSSR count). The van der Waals surface area contributed by atoms with E-state index in [1.54, 1.807) is 24.3 Å². The fraction of sp³-hybridized carbons (Fsp3) is 0.357. The van der Waals surface area contributed by atoms with Crippen LogP contribution in [0.2, 0.25) is 0 Å². The molecule has 0 bridgehead atoms. The highest BCUT2D eigenvalue weighted by molar-refractivity contribution is 9.10. The fourth-order valence-corrected chi connectivity index (χ4v) is 2.48. The Kier molecular flexibility index (Phi) is 5.46. The van der Waals surface area contributed by atoms with Crippen molar-refractivity contribution in [2.75, 3.05) is 18.4 Å². The van der Waals surface area contributed by atoms with Gasteiger partial charge in [0.2, 0.25) is 5.91 Å². The van der Waals surface area contributed by atoms with Crippen molar-refractivity contribution in [1.29, 1.82) is 0 Å². The van der Waals surface area contributed by atoms with Crippen molar-refractivity contribution in [3.05, 3.63) is 28.7 Å². The van der Waals surface area contributed by atoms with Crippen molar-refractivity contribution in [1.82, 2.24) is 10.6 Å². The fourth-order valence-electron chi connectivity index (χ4n) is 2.10. The molecule has 1 fully saturated rings. The molecule has 0 saturated carbocycles. The van der Waals surface area contributed by atoms with Crippen LogP contribution in [-0.2, 0) is 14.4 Å². The minimum atomic E-state index is -0.936. The monoisotopic (exact) mass is 353 g/mol. The highest BCUT2D eigenvalue weighted by Crippen LogP contribution is 2.20. The predicted molar refractivity (Wildman–Crippen MR) is 81.5 cm³/mol. The van der Waals surface area contributed by atoms with Crippen molar-refractivity contribution in [2.24, 2.45) is 5.92 Å². The van der Waals surface area contributed by atoms with Crippen molar-refractivity contribution < 1.29 is 14.4 Å². The average molecular weight is 354 g/mol. The molecule has 1 aliphatic heterocycles. The number of anilines is 1. The molecule has 0 radical (unpaired) electrons. The van der Waals surface area contributed by atoms with E-state index in [4.69, 9.17) is 0 Å². The van der Waals surface area contributed by atoms with Gasteiger partial charge in [-0.05, 0) is 54.0 Å². The Hall–Kier alpha value is -1.73. The van der Waals surface area contributed by atoms with Gasteiger partial charge in [0.15, 0.2) is 0 Å². The van der Waals surface area contributed by atoms with Gasteiger partial charge in [0.25, 0.3) is 0 Å². The maximum atomic E-state index is 11.9. The second-order valence-electron chi connectivity index (χ2n) is 4.78. The largest absolute Gasteiger partial charge is 0.317 e. The Labute approximate surface area is 130 Å². The number of rotatable bonds is 2. The van der Waals surface area contributed by atoms with Crippen LogP contribution in [0.4, 0.5) is 5.69 Å². The first kappa shape index (κ1) is 15.7. The van der Waals surface area contributed by atoms with E-state index in [0.717, 1.165) is 13.1 Å². The zero-order chi connectivity index (χ0) is 15.2. The van der Waals surface area contributed by atoms with Crippen molar-refractivity contribution in [2.45, 2.75) is 12.8 Å². The molecule has 0 aliphatic carbocycles. The lowest BCUT2D eigenvalue weighted by Gasteiger charge is -2.21. The molecule has 1 aromatic carbocycles. The molecular formula is C14H16BrN3O3. The number of imide groups is 1. The van der Waals surface area contributed by atoms with Gasteiger partial charge in [0.1, 0.15) is 0 Å². The normalized spacial score (nSPS) is 15.3. The summed E-state index contributed by atoms with van der Waals surface area (Å²) in [4.78, 5) is 35.4. The first-order chi connectivity index (χ1) is 10.1. The van der Waals surface area contributed by atoms with Crippen LogP contribution in [0.25, 0.3) is 0 Å². The first-order valence-electron chi connectivity index (χ1n) is 6.69. The van der Waals surface area contributed by atoms with E-state index in [9.17, 15) is 14.4 Å². The molecule has 0 aromatic heterocycles. The molecule has 3 amide bonds. The van der Waals surface area contributed by atoms with Gasteiger partial charge in [-0.15, -0.1) is 0 Å². The van der Waals surface area contributed by atoms with Gasteiger partial charge in [0, 0.05) is 10.4 Å². The third kappa shape index (κ3) is 4.37. The number of hydrogen-bond donors (Lipinski definition) is 3. The zero-order valence-electron chi connectivity index (χ0n) is 11.3. The molecule has 0 atom stereocenters. The predicted octanol–water partition coefficient (Wildman–Crippen LogP) is 1.03. The van der Waals surface area contributed by atoms with Crippen LogP contribution in [0.3, 0.4) is 0 Å². The maximum Gasteiger partial charge on any atom is 0.316 e. The maximum absolute atomic E-state index is 11.9. The van der Waals surface area contributed by atoms with Gasteiger partial charge in [-0.1, -0.05) is 12.1 Å². The summed E-state index contributed by atoms with van der Waals surface area (Å²) in [6, 6.07) is 6.93. The molecular weight excluding hydrogens is 338 g/mol. The van der Waals surface area contributed by atoms with E-state index < -0.39 is 11.8 Å². The Morgan fingerprint density at radius 2 is 1.76 bits per heavy atom. The van der Waals surface area contributed by atoms with Crippen LogP contribution in [0.15, 0.2) is 28.7 Å². The Balaban J connectivity index is 1.89. The Bertz CT molecular complexity index is 556. The number of piperidine rings is 1. The smallest absolute Gasteiger partial charge is 0.316 e. The number of para-hydroxylation sites is 1. The summed E-state index contributed by atoms with van der Waals surface area (Å²) in [6.45, 7) is 1.49. The van der Waals surface area contributed by atoms with E-state index in [1.807, 2.05) is 0 Å². The third-order valence-electron chi connectivity index (χ3n) is 3.27. The first-order valence-corrected chi connectivity index (χ1v) is 7.48. The lowest BCUT2D eigenvalue weighted by molar-refractivity contribution is -0.141. The van der Waals surface area contributed by atoms with Gasteiger partial charge >= 0.3 is 11.8 Å². The number of benzene rings is 1. The molecule has 1 saturated heterocycles. The van der Waals surface area contributed by atoms with Crippen molar-refractivity contribution in [3.8, 4) is 0 Å². The second-order valence-corrected chi connectivity index (χ2v) is 5.63. The van der Waals surface area contributed by atoms with Gasteiger partial charge in [0.05, 0.1) is 5.69 Å². The lowest BCUT2D eigenvalue weighted by atomic mass is 9.97. The summed E-state index contributed by atoms with van der Waals surface area (Å²) in [5, 5.41) is 7.75. The van der Waals surface area contributed by atoms with Crippen molar-refractivity contribution in [3.63, 3.8) is 0 Å². The number of carbonyl (C=O) groups is 3. The topological polar surface area (TPSA) is 87.3 Å². The Morgan fingerprint density at radius 3 is 2.43 bits per heavy atom.